The maximum absolute atomic E-state index is 13.2. The number of amides is 2. The first-order chi connectivity index (χ1) is 11.9. The molecular formula is C19H15ClFNO2S. The second-order valence-electron chi connectivity index (χ2n) is 5.52. The van der Waals surface area contributed by atoms with Gasteiger partial charge < -0.3 is 0 Å². The fraction of sp³-hybridized carbons (Fsp3) is 0.158. The SMILES string of the molecule is CCSC1=C(c2ccc(F)cc2)C(=O)N(c2ccc(Cl)cc2C)C1=O. The average molecular weight is 376 g/mol. The molecule has 128 valence electrons. The number of halogens is 2. The number of hydrogen-bond donors (Lipinski definition) is 0. The van der Waals surface area contributed by atoms with Crippen molar-refractivity contribution in [2.75, 3.05) is 10.7 Å². The molecule has 3 nitrogen and oxygen atoms in total. The van der Waals surface area contributed by atoms with Gasteiger partial charge in [0, 0.05) is 5.02 Å². The largest absolute Gasteiger partial charge is 0.272 e. The van der Waals surface area contributed by atoms with Gasteiger partial charge in [-0.25, -0.2) is 9.29 Å². The number of thioether (sulfide) groups is 1. The molecular weight excluding hydrogens is 361 g/mol. The first-order valence-corrected chi connectivity index (χ1v) is 9.08. The third kappa shape index (κ3) is 3.22. The van der Waals surface area contributed by atoms with Crippen LogP contribution in [0.3, 0.4) is 0 Å². The summed E-state index contributed by atoms with van der Waals surface area (Å²) in [5.41, 5.74) is 2.08. The van der Waals surface area contributed by atoms with E-state index in [9.17, 15) is 14.0 Å². The van der Waals surface area contributed by atoms with Crippen molar-refractivity contribution in [2.45, 2.75) is 13.8 Å². The molecule has 0 fully saturated rings. The summed E-state index contributed by atoms with van der Waals surface area (Å²) in [6.45, 7) is 3.71. The van der Waals surface area contributed by atoms with Crippen LogP contribution in [0.15, 0.2) is 47.4 Å². The molecule has 0 aliphatic carbocycles. The van der Waals surface area contributed by atoms with E-state index >= 15 is 0 Å². The van der Waals surface area contributed by atoms with Gasteiger partial charge >= 0.3 is 0 Å². The van der Waals surface area contributed by atoms with Gasteiger partial charge in [0.1, 0.15) is 5.82 Å². The molecule has 0 aromatic heterocycles. The van der Waals surface area contributed by atoms with Crippen molar-refractivity contribution in [1.82, 2.24) is 0 Å². The van der Waals surface area contributed by atoms with Gasteiger partial charge in [-0.3, -0.25) is 9.59 Å². The predicted octanol–water partition coefficient (Wildman–Crippen LogP) is 4.83. The number of hydrogen-bond acceptors (Lipinski definition) is 3. The van der Waals surface area contributed by atoms with Crippen molar-refractivity contribution >= 4 is 46.4 Å². The van der Waals surface area contributed by atoms with E-state index in [0.717, 1.165) is 5.56 Å². The highest BCUT2D eigenvalue weighted by Crippen LogP contribution is 2.39. The summed E-state index contributed by atoms with van der Waals surface area (Å²) < 4.78 is 13.2. The van der Waals surface area contributed by atoms with Crippen molar-refractivity contribution in [3.8, 4) is 0 Å². The quantitative estimate of drug-likeness (QED) is 0.718. The second kappa shape index (κ2) is 7.02. The molecule has 2 aromatic rings. The zero-order valence-corrected chi connectivity index (χ0v) is 15.2. The lowest BCUT2D eigenvalue weighted by Gasteiger charge is -2.18. The summed E-state index contributed by atoms with van der Waals surface area (Å²) in [5, 5.41) is 0.537. The van der Waals surface area contributed by atoms with E-state index < -0.39 is 11.7 Å². The average Bonchev–Trinajstić information content (AvgIpc) is 2.80. The van der Waals surface area contributed by atoms with Crippen molar-refractivity contribution in [3.05, 3.63) is 69.3 Å². The molecule has 0 saturated heterocycles. The van der Waals surface area contributed by atoms with Crippen LogP contribution in [0.2, 0.25) is 5.02 Å². The van der Waals surface area contributed by atoms with Crippen LogP contribution in [0.5, 0.6) is 0 Å². The van der Waals surface area contributed by atoms with Gasteiger partial charge in [-0.1, -0.05) is 30.7 Å². The van der Waals surface area contributed by atoms with Crippen LogP contribution in [-0.4, -0.2) is 17.6 Å². The molecule has 0 saturated carbocycles. The molecule has 2 aromatic carbocycles. The molecule has 25 heavy (non-hydrogen) atoms. The maximum Gasteiger partial charge on any atom is 0.272 e. The molecule has 1 aliphatic rings. The maximum atomic E-state index is 13.2. The molecule has 0 radical (unpaired) electrons. The highest BCUT2D eigenvalue weighted by molar-refractivity contribution is 8.04. The zero-order valence-electron chi connectivity index (χ0n) is 13.7. The minimum atomic E-state index is -0.405. The Balaban J connectivity index is 2.11. The lowest BCUT2D eigenvalue weighted by Crippen LogP contribution is -2.31. The number of anilines is 1. The lowest BCUT2D eigenvalue weighted by molar-refractivity contribution is -0.119. The molecule has 0 unspecified atom stereocenters. The number of nitrogens with zero attached hydrogens (tertiary/aromatic N) is 1. The number of rotatable bonds is 4. The third-order valence-corrected chi connectivity index (χ3v) is 5.05. The Kier molecular flexibility index (Phi) is 4.97. The van der Waals surface area contributed by atoms with E-state index in [0.29, 0.717) is 32.5 Å². The van der Waals surface area contributed by atoms with E-state index in [-0.39, 0.29) is 5.91 Å². The van der Waals surface area contributed by atoms with E-state index in [1.807, 2.05) is 6.92 Å². The Bertz CT molecular complexity index is 893. The fourth-order valence-corrected chi connectivity index (χ4v) is 3.83. The Morgan fingerprint density at radius 1 is 1.08 bits per heavy atom. The molecule has 0 spiro atoms. The van der Waals surface area contributed by atoms with Gasteiger partial charge in [0.25, 0.3) is 11.8 Å². The molecule has 2 amide bonds. The number of benzene rings is 2. The Morgan fingerprint density at radius 2 is 1.76 bits per heavy atom. The van der Waals surface area contributed by atoms with Gasteiger partial charge in [0.2, 0.25) is 0 Å². The Hall–Kier alpha value is -2.11. The molecule has 0 atom stereocenters. The summed E-state index contributed by atoms with van der Waals surface area (Å²) in [4.78, 5) is 27.5. The van der Waals surface area contributed by atoms with E-state index in [2.05, 4.69) is 0 Å². The first-order valence-electron chi connectivity index (χ1n) is 7.72. The van der Waals surface area contributed by atoms with Gasteiger partial charge in [0.15, 0.2) is 0 Å². The van der Waals surface area contributed by atoms with Crippen LogP contribution >= 0.6 is 23.4 Å². The van der Waals surface area contributed by atoms with Gasteiger partial charge in [0.05, 0.1) is 16.2 Å². The predicted molar refractivity (Wildman–Crippen MR) is 100 cm³/mol. The minimum Gasteiger partial charge on any atom is -0.268 e. The summed E-state index contributed by atoms with van der Waals surface area (Å²) in [6, 6.07) is 10.6. The van der Waals surface area contributed by atoms with E-state index in [4.69, 9.17) is 11.6 Å². The summed E-state index contributed by atoms with van der Waals surface area (Å²) in [6.07, 6.45) is 0. The minimum absolute atomic E-state index is 0.311. The number of carbonyl (C=O) groups is 2. The normalized spacial score (nSPS) is 14.6. The molecule has 1 heterocycles. The van der Waals surface area contributed by atoms with Crippen molar-refractivity contribution in [1.29, 1.82) is 0 Å². The molecule has 6 heteroatoms. The summed E-state index contributed by atoms with van der Waals surface area (Å²) >= 11 is 7.29. The van der Waals surface area contributed by atoms with E-state index in [1.165, 1.54) is 40.9 Å². The van der Waals surface area contributed by atoms with Crippen LogP contribution in [0, 0.1) is 12.7 Å². The monoisotopic (exact) mass is 375 g/mol. The van der Waals surface area contributed by atoms with E-state index in [1.54, 1.807) is 25.1 Å². The van der Waals surface area contributed by atoms with Crippen molar-refractivity contribution < 1.29 is 14.0 Å². The lowest BCUT2D eigenvalue weighted by atomic mass is 10.1. The Labute approximate surface area is 154 Å². The summed E-state index contributed by atoms with van der Waals surface area (Å²) in [7, 11) is 0. The van der Waals surface area contributed by atoms with Crippen LogP contribution in [-0.2, 0) is 9.59 Å². The van der Waals surface area contributed by atoms with Crippen LogP contribution in [0.4, 0.5) is 10.1 Å². The molecule has 1 aliphatic heterocycles. The highest BCUT2D eigenvalue weighted by Gasteiger charge is 2.40. The van der Waals surface area contributed by atoms with Crippen molar-refractivity contribution in [2.24, 2.45) is 0 Å². The van der Waals surface area contributed by atoms with Gasteiger partial charge in [-0.2, -0.15) is 0 Å². The summed E-state index contributed by atoms with van der Waals surface area (Å²) in [5.74, 6) is -0.511. The Morgan fingerprint density at radius 3 is 2.36 bits per heavy atom. The van der Waals surface area contributed by atoms with Crippen LogP contribution in [0.1, 0.15) is 18.1 Å². The topological polar surface area (TPSA) is 37.4 Å². The highest BCUT2D eigenvalue weighted by atomic mass is 35.5. The first kappa shape index (κ1) is 17.7. The number of aryl methyl sites for hydroxylation is 1. The molecule has 0 bridgehead atoms. The van der Waals surface area contributed by atoms with Gasteiger partial charge in [-0.05, 0) is 54.1 Å². The molecule has 0 N–H and O–H groups in total. The standard InChI is InChI=1S/C19H15ClFNO2S/c1-3-25-17-16(12-4-7-14(21)8-5-12)18(23)22(19(17)24)15-9-6-13(20)10-11(15)2/h4-10H,3H2,1-2H3. The fourth-order valence-electron chi connectivity index (χ4n) is 2.75. The van der Waals surface area contributed by atoms with Crippen molar-refractivity contribution in [3.63, 3.8) is 0 Å². The van der Waals surface area contributed by atoms with Crippen LogP contribution in [0.25, 0.3) is 5.57 Å². The molecule has 3 rings (SSSR count). The van der Waals surface area contributed by atoms with Crippen LogP contribution < -0.4 is 4.90 Å². The second-order valence-corrected chi connectivity index (χ2v) is 7.23. The number of imide groups is 1. The number of carbonyl (C=O) groups excluding carboxylic acids is 2. The third-order valence-electron chi connectivity index (χ3n) is 3.86. The van der Waals surface area contributed by atoms with Gasteiger partial charge in [-0.15, -0.1) is 11.8 Å². The smallest absolute Gasteiger partial charge is 0.268 e. The zero-order chi connectivity index (χ0) is 18.1.